The molecule has 8 unspecified atom stereocenters. The molecular weight excluding hydrogens is 1130 g/mol. The van der Waals surface area contributed by atoms with Gasteiger partial charge in [0.25, 0.3) is 0 Å². The summed E-state index contributed by atoms with van der Waals surface area (Å²) in [5.41, 5.74) is 0. The molecule has 0 saturated carbocycles. The molecule has 1 amide bonds. The van der Waals surface area contributed by atoms with Gasteiger partial charge in [-0.25, -0.2) is 0 Å². The van der Waals surface area contributed by atoms with Gasteiger partial charge in [0, 0.05) is 6.42 Å². The molecule has 8 atom stereocenters. The molecular formula is C80H139NO10. The lowest BCUT2D eigenvalue weighted by Crippen LogP contribution is -2.61. The number of carbonyl (C=O) groups is 2. The number of allylic oxidation sites excluding steroid dienone is 17. The fraction of sp³-hybridized carbons (Fsp3) is 0.750. The molecule has 6 N–H and O–H groups in total. The lowest BCUT2D eigenvalue weighted by atomic mass is 9.99. The Morgan fingerprint density at radius 2 is 0.758 bits per heavy atom. The first-order chi connectivity index (χ1) is 44.7. The molecule has 0 spiro atoms. The Balaban J connectivity index is 2.53. The van der Waals surface area contributed by atoms with Crippen LogP contribution in [0.5, 0.6) is 0 Å². The van der Waals surface area contributed by atoms with E-state index in [1.54, 1.807) is 6.08 Å². The molecule has 1 aliphatic rings. The fourth-order valence-electron chi connectivity index (χ4n) is 11.2. The maximum absolute atomic E-state index is 13.5. The van der Waals surface area contributed by atoms with Crippen LogP contribution in [-0.4, -0.2) is 99.6 Å². The van der Waals surface area contributed by atoms with Gasteiger partial charge in [-0.1, -0.05) is 310 Å². The Labute approximate surface area is 558 Å². The minimum Gasteiger partial charge on any atom is -0.454 e. The average molecular weight is 1270 g/mol. The van der Waals surface area contributed by atoms with Gasteiger partial charge in [-0.05, 0) is 116 Å². The van der Waals surface area contributed by atoms with E-state index in [0.717, 1.165) is 116 Å². The highest BCUT2D eigenvalue weighted by atomic mass is 16.7. The second kappa shape index (κ2) is 66.3. The number of rotatable bonds is 64. The Morgan fingerprint density at radius 1 is 0.429 bits per heavy atom. The summed E-state index contributed by atoms with van der Waals surface area (Å²) in [6.45, 7) is 5.75. The van der Waals surface area contributed by atoms with Crippen molar-refractivity contribution in [3.8, 4) is 0 Å². The predicted octanol–water partition coefficient (Wildman–Crippen LogP) is 20.0. The van der Waals surface area contributed by atoms with Gasteiger partial charge in [-0.2, -0.15) is 0 Å². The van der Waals surface area contributed by atoms with Gasteiger partial charge in [0.05, 0.1) is 25.4 Å². The van der Waals surface area contributed by atoms with Crippen LogP contribution in [0.15, 0.2) is 109 Å². The summed E-state index contributed by atoms with van der Waals surface area (Å²) in [5, 5.41) is 57.3. The third kappa shape index (κ3) is 53.3. The highest BCUT2D eigenvalue weighted by Gasteiger charge is 2.47. The van der Waals surface area contributed by atoms with Crippen LogP contribution in [0.3, 0.4) is 0 Å². The molecule has 91 heavy (non-hydrogen) atoms. The lowest BCUT2D eigenvalue weighted by Gasteiger charge is -2.41. The molecule has 11 nitrogen and oxygen atoms in total. The fourth-order valence-corrected chi connectivity index (χ4v) is 11.2. The number of aliphatic hydroxyl groups excluding tert-OH is 5. The minimum absolute atomic E-state index is 0.112. The standard InChI is InChI=1S/C80H139NO10/c1-4-7-10-13-16-19-22-24-26-28-30-32-34-36-38-39-41-43-45-47-49-52-55-58-61-64-67-73(84)79(88)81-71(72(83)66-63-60-57-54-51-21-18-15-12-9-6-3)70-89-80-78(77(87)76(86)74(69-82)90-80)91-75(85)68-65-62-59-56-53-50-48-46-44-42-40-37-35-33-31-29-27-25-23-20-17-14-11-8-5-2/h16-17,19-20,24-27,30-33,36-38,40,63,66,71-74,76-78,80,82-84,86-87H,4-15,18,21-23,28-29,34-35,39,41-62,64-65,67-70H2,1-3H3,(H,81,88)/b19-16-,20-17-,26-24-,27-25-,32-30-,33-31-,38-36-,40-37-,66-63+. The van der Waals surface area contributed by atoms with Gasteiger partial charge in [-0.15, -0.1) is 0 Å². The SMILES string of the molecule is CCCCC/C=C\C/C=C\C/C=C\C/C=C\CCCCCCCCCCCCC(O)C(=O)NC(COC1OC(CO)C(O)C(O)C1OC(=O)CCCCCCCCCCC/C=C\C/C=C\C/C=C\C/C=C\CCCCC)C(O)/C=C/CCCCCCCCCCC. The summed E-state index contributed by atoms with van der Waals surface area (Å²) >= 11 is 0. The first-order valence-electron chi connectivity index (χ1n) is 37.7. The van der Waals surface area contributed by atoms with Gasteiger partial charge < -0.3 is 45.1 Å². The van der Waals surface area contributed by atoms with Gasteiger partial charge in [0.2, 0.25) is 5.91 Å². The molecule has 1 heterocycles. The van der Waals surface area contributed by atoms with Crippen molar-refractivity contribution in [3.05, 3.63) is 109 Å². The van der Waals surface area contributed by atoms with Gasteiger partial charge in [-0.3, -0.25) is 9.59 Å². The van der Waals surface area contributed by atoms with E-state index in [-0.39, 0.29) is 19.4 Å². The highest BCUT2D eigenvalue weighted by molar-refractivity contribution is 5.80. The Morgan fingerprint density at radius 3 is 1.15 bits per heavy atom. The monoisotopic (exact) mass is 1270 g/mol. The van der Waals surface area contributed by atoms with Crippen molar-refractivity contribution >= 4 is 11.9 Å². The molecule has 0 aromatic rings. The number of carbonyl (C=O) groups excluding carboxylic acids is 2. The smallest absolute Gasteiger partial charge is 0.306 e. The van der Waals surface area contributed by atoms with Crippen LogP contribution in [0, 0.1) is 0 Å². The number of hydrogen-bond acceptors (Lipinski definition) is 10. The Kier molecular flexibility index (Phi) is 62.2. The van der Waals surface area contributed by atoms with Crippen LogP contribution in [-0.2, 0) is 23.8 Å². The van der Waals surface area contributed by atoms with Crippen molar-refractivity contribution in [1.82, 2.24) is 5.32 Å². The van der Waals surface area contributed by atoms with Gasteiger partial charge in [0.15, 0.2) is 12.4 Å². The van der Waals surface area contributed by atoms with Crippen LogP contribution in [0.1, 0.15) is 323 Å². The molecule has 0 aromatic heterocycles. The normalized spacial score (nSPS) is 18.6. The molecule has 0 bridgehead atoms. The maximum atomic E-state index is 13.5. The van der Waals surface area contributed by atoms with Crippen LogP contribution in [0.2, 0.25) is 0 Å². The number of nitrogens with one attached hydrogen (secondary N) is 1. The zero-order valence-electron chi connectivity index (χ0n) is 58.4. The van der Waals surface area contributed by atoms with Crippen molar-refractivity contribution in [2.75, 3.05) is 13.2 Å². The summed E-state index contributed by atoms with van der Waals surface area (Å²) in [4.78, 5) is 26.7. The van der Waals surface area contributed by atoms with Crippen molar-refractivity contribution in [1.29, 1.82) is 0 Å². The summed E-state index contributed by atoms with van der Waals surface area (Å²) < 4.78 is 17.7. The molecule has 1 rings (SSSR count). The molecule has 0 radical (unpaired) electrons. The van der Waals surface area contributed by atoms with Gasteiger partial charge in [0.1, 0.15) is 24.4 Å². The number of amides is 1. The van der Waals surface area contributed by atoms with Crippen LogP contribution in [0.4, 0.5) is 0 Å². The first-order valence-corrected chi connectivity index (χ1v) is 37.7. The lowest BCUT2D eigenvalue weighted by molar-refractivity contribution is -0.305. The van der Waals surface area contributed by atoms with E-state index in [1.807, 2.05) is 6.08 Å². The summed E-state index contributed by atoms with van der Waals surface area (Å²) in [6.07, 6.45) is 81.2. The molecule has 1 fully saturated rings. The van der Waals surface area contributed by atoms with Crippen molar-refractivity contribution in [2.24, 2.45) is 0 Å². The zero-order chi connectivity index (χ0) is 66.0. The molecule has 524 valence electrons. The summed E-state index contributed by atoms with van der Waals surface area (Å²) in [6, 6.07) is -1.03. The molecule has 11 heteroatoms. The second-order valence-corrected chi connectivity index (χ2v) is 25.7. The Hall–Kier alpha value is -3.68. The maximum Gasteiger partial charge on any atom is 0.306 e. The third-order valence-electron chi connectivity index (χ3n) is 17.1. The molecule has 0 aliphatic carbocycles. The topological polar surface area (TPSA) is 175 Å². The second-order valence-electron chi connectivity index (χ2n) is 25.7. The number of aliphatic hydroxyl groups is 5. The van der Waals surface area contributed by atoms with E-state index in [2.05, 4.69) is 123 Å². The van der Waals surface area contributed by atoms with E-state index >= 15 is 0 Å². The predicted molar refractivity (Wildman–Crippen MR) is 384 cm³/mol. The summed E-state index contributed by atoms with van der Waals surface area (Å²) in [5.74, 6) is -1.20. The number of esters is 1. The number of unbranched alkanes of at least 4 members (excludes halogenated alkanes) is 34. The molecule has 1 aliphatic heterocycles. The zero-order valence-corrected chi connectivity index (χ0v) is 58.4. The highest BCUT2D eigenvalue weighted by Crippen LogP contribution is 2.26. The van der Waals surface area contributed by atoms with Crippen LogP contribution >= 0.6 is 0 Å². The van der Waals surface area contributed by atoms with Crippen molar-refractivity contribution < 1.29 is 49.3 Å². The molecule has 1 saturated heterocycles. The van der Waals surface area contributed by atoms with E-state index in [9.17, 15) is 35.1 Å². The first kappa shape index (κ1) is 85.3. The van der Waals surface area contributed by atoms with Crippen LogP contribution in [0.25, 0.3) is 0 Å². The van der Waals surface area contributed by atoms with Crippen molar-refractivity contribution in [2.45, 2.75) is 372 Å². The molecule has 0 aromatic carbocycles. The average Bonchev–Trinajstić information content (AvgIpc) is 1.02. The minimum atomic E-state index is -1.62. The van der Waals surface area contributed by atoms with E-state index in [1.165, 1.54) is 161 Å². The van der Waals surface area contributed by atoms with Gasteiger partial charge >= 0.3 is 5.97 Å². The summed E-state index contributed by atoms with van der Waals surface area (Å²) in [7, 11) is 0. The van der Waals surface area contributed by atoms with Crippen molar-refractivity contribution in [3.63, 3.8) is 0 Å². The third-order valence-corrected chi connectivity index (χ3v) is 17.1. The van der Waals surface area contributed by atoms with Crippen LogP contribution < -0.4 is 5.32 Å². The van der Waals surface area contributed by atoms with E-state index in [0.29, 0.717) is 12.8 Å². The van der Waals surface area contributed by atoms with E-state index < -0.39 is 67.4 Å². The van der Waals surface area contributed by atoms with E-state index in [4.69, 9.17) is 14.2 Å². The quantitative estimate of drug-likeness (QED) is 0.0195. The largest absolute Gasteiger partial charge is 0.454 e. The number of hydrogen-bond donors (Lipinski definition) is 6. The number of ether oxygens (including phenoxy) is 3. The Bertz CT molecular complexity index is 1900.